The summed E-state index contributed by atoms with van der Waals surface area (Å²) >= 11 is 1.00. The smallest absolute Gasteiger partial charge is 0.325 e. The van der Waals surface area contributed by atoms with Gasteiger partial charge in [0.25, 0.3) is 5.91 Å². The van der Waals surface area contributed by atoms with Gasteiger partial charge in [0.15, 0.2) is 4.80 Å². The molecule has 2 N–H and O–H groups in total. The number of nitrogens with two attached hydrogens (primary N) is 1. The second-order valence-corrected chi connectivity index (χ2v) is 13.3. The lowest BCUT2D eigenvalue weighted by molar-refractivity contribution is -0.141. The number of rotatable bonds is 6. The summed E-state index contributed by atoms with van der Waals surface area (Å²) in [5.41, 5.74) is 0.616. The maximum absolute atomic E-state index is 13.0. The lowest BCUT2D eigenvalue weighted by Gasteiger charge is -2.30. The zero-order valence-corrected chi connectivity index (χ0v) is 22.6. The second kappa shape index (κ2) is 10.5. The van der Waals surface area contributed by atoms with Crippen molar-refractivity contribution in [2.45, 2.75) is 36.1 Å². The topological polar surface area (TPSA) is 158 Å². The first-order chi connectivity index (χ1) is 17.4. The minimum absolute atomic E-state index is 0.0938. The number of primary sulfonamides is 1. The Balaban J connectivity index is 1.70. The second-order valence-electron chi connectivity index (χ2n) is 8.77. The van der Waals surface area contributed by atoms with Gasteiger partial charge in [-0.1, -0.05) is 18.3 Å². The van der Waals surface area contributed by atoms with E-state index in [2.05, 4.69) is 4.99 Å². The molecule has 0 spiro atoms. The molecule has 1 aliphatic rings. The number of piperidine rings is 1. The third-order valence-corrected chi connectivity index (χ3v) is 9.89. The highest BCUT2D eigenvalue weighted by molar-refractivity contribution is 7.89. The molecule has 1 aromatic heterocycles. The van der Waals surface area contributed by atoms with E-state index in [0.29, 0.717) is 23.3 Å². The molecule has 1 fully saturated rings. The van der Waals surface area contributed by atoms with E-state index in [1.165, 1.54) is 58.4 Å². The average molecular weight is 567 g/mol. The highest BCUT2D eigenvalue weighted by Gasteiger charge is 2.28. The van der Waals surface area contributed by atoms with Crippen LogP contribution >= 0.6 is 11.3 Å². The van der Waals surface area contributed by atoms with Crippen LogP contribution in [0.15, 0.2) is 57.2 Å². The summed E-state index contributed by atoms with van der Waals surface area (Å²) in [6, 6.07) is 9.65. The van der Waals surface area contributed by atoms with Gasteiger partial charge in [0.05, 0.1) is 27.1 Å². The standard InChI is InChI=1S/C23H26N4O7S3/c1-15-4-3-11-26(13-15)37(32,33)17-7-5-16(6-8-17)22(29)25-23-27(14-21(28)34-2)19-10-9-18(36(24,30)31)12-20(19)35-23/h5-10,12,15H,3-4,11,13-14H2,1-2H3,(H2,24,30,31)/t15-/m0/s1. The van der Waals surface area contributed by atoms with Crippen LogP contribution in [0.2, 0.25) is 0 Å². The van der Waals surface area contributed by atoms with Crippen LogP contribution in [0.1, 0.15) is 30.1 Å². The number of carbonyl (C=O) groups excluding carboxylic acids is 2. The van der Waals surface area contributed by atoms with Crippen molar-refractivity contribution < 1.29 is 31.2 Å². The summed E-state index contributed by atoms with van der Waals surface area (Å²) in [5, 5.41) is 5.22. The molecular formula is C23H26N4O7S3. The molecule has 3 aromatic rings. The molecule has 0 radical (unpaired) electrons. The average Bonchev–Trinajstić information content (AvgIpc) is 3.19. The number of benzene rings is 2. The molecule has 1 saturated heterocycles. The van der Waals surface area contributed by atoms with Crippen molar-refractivity contribution in [2.75, 3.05) is 20.2 Å². The number of nitrogens with zero attached hydrogens (tertiary/aromatic N) is 3. The van der Waals surface area contributed by atoms with E-state index in [1.807, 2.05) is 6.92 Å². The van der Waals surface area contributed by atoms with Crippen LogP contribution in [0.3, 0.4) is 0 Å². The number of esters is 1. The monoisotopic (exact) mass is 566 g/mol. The highest BCUT2D eigenvalue weighted by Crippen LogP contribution is 2.24. The van der Waals surface area contributed by atoms with E-state index in [9.17, 15) is 26.4 Å². The Morgan fingerprint density at radius 2 is 1.78 bits per heavy atom. The lowest BCUT2D eigenvalue weighted by Crippen LogP contribution is -2.39. The fourth-order valence-electron chi connectivity index (χ4n) is 4.10. The van der Waals surface area contributed by atoms with Crippen molar-refractivity contribution in [1.29, 1.82) is 0 Å². The molecule has 14 heteroatoms. The molecule has 2 heterocycles. The molecule has 2 aromatic carbocycles. The Labute approximate surface area is 218 Å². The van der Waals surface area contributed by atoms with E-state index in [-0.39, 0.29) is 32.6 Å². The van der Waals surface area contributed by atoms with Gasteiger partial charge in [-0.2, -0.15) is 9.30 Å². The summed E-state index contributed by atoms with van der Waals surface area (Å²) in [4.78, 5) is 29.2. The van der Waals surface area contributed by atoms with Gasteiger partial charge in [0.2, 0.25) is 20.0 Å². The van der Waals surface area contributed by atoms with Crippen LogP contribution in [0.4, 0.5) is 0 Å². The summed E-state index contributed by atoms with van der Waals surface area (Å²) in [7, 11) is -6.42. The molecular weight excluding hydrogens is 540 g/mol. The van der Waals surface area contributed by atoms with Gasteiger partial charge >= 0.3 is 5.97 Å². The van der Waals surface area contributed by atoms with Crippen molar-refractivity contribution in [2.24, 2.45) is 16.0 Å². The minimum atomic E-state index is -3.96. The summed E-state index contributed by atoms with van der Waals surface area (Å²) in [6.07, 6.45) is 1.79. The number of methoxy groups -OCH3 is 1. The van der Waals surface area contributed by atoms with Crippen LogP contribution in [0.5, 0.6) is 0 Å². The first kappa shape index (κ1) is 27.1. The highest BCUT2D eigenvalue weighted by atomic mass is 32.2. The zero-order valence-electron chi connectivity index (χ0n) is 20.2. The number of thiazole rings is 1. The number of hydrogen-bond acceptors (Lipinski definition) is 8. The third kappa shape index (κ3) is 5.83. The molecule has 0 saturated carbocycles. The van der Waals surface area contributed by atoms with Gasteiger partial charge < -0.3 is 9.30 Å². The first-order valence-corrected chi connectivity index (χ1v) is 15.1. The normalized spacial score (nSPS) is 17.7. The molecule has 0 aliphatic carbocycles. The maximum atomic E-state index is 13.0. The first-order valence-electron chi connectivity index (χ1n) is 11.3. The maximum Gasteiger partial charge on any atom is 0.325 e. The lowest BCUT2D eigenvalue weighted by atomic mass is 10.0. The zero-order chi connectivity index (χ0) is 27.0. The Bertz CT molecular complexity index is 1640. The van der Waals surface area contributed by atoms with Crippen LogP contribution in [-0.4, -0.2) is 57.8 Å². The summed E-state index contributed by atoms with van der Waals surface area (Å²) in [6.45, 7) is 2.67. The predicted octanol–water partition coefficient (Wildman–Crippen LogP) is 1.68. The number of carbonyl (C=O) groups is 2. The van der Waals surface area contributed by atoms with E-state index < -0.39 is 31.9 Å². The summed E-state index contributed by atoms with van der Waals surface area (Å²) in [5.74, 6) is -0.972. The Morgan fingerprint density at radius 1 is 1.11 bits per heavy atom. The number of ether oxygens (including phenoxy) is 1. The van der Waals surface area contributed by atoms with Crippen molar-refractivity contribution in [3.05, 3.63) is 52.8 Å². The molecule has 1 aliphatic heterocycles. The molecule has 0 bridgehead atoms. The van der Waals surface area contributed by atoms with Gasteiger partial charge in [-0.15, -0.1) is 0 Å². The molecule has 1 atom stereocenters. The number of hydrogen-bond donors (Lipinski definition) is 1. The number of sulfonamides is 2. The van der Waals surface area contributed by atoms with E-state index >= 15 is 0 Å². The van der Waals surface area contributed by atoms with E-state index in [0.717, 1.165) is 24.2 Å². The Kier molecular flexibility index (Phi) is 7.67. The molecule has 11 nitrogen and oxygen atoms in total. The quantitative estimate of drug-likeness (QED) is 0.445. The SMILES string of the molecule is COC(=O)Cn1c(=NC(=O)c2ccc(S(=O)(=O)N3CCC[C@H](C)C3)cc2)sc2cc(S(N)(=O)=O)ccc21. The largest absolute Gasteiger partial charge is 0.468 e. The molecule has 4 rings (SSSR count). The minimum Gasteiger partial charge on any atom is -0.468 e. The van der Waals surface area contributed by atoms with E-state index in [1.54, 1.807) is 0 Å². The van der Waals surface area contributed by atoms with Gasteiger partial charge in [-0.05, 0) is 61.2 Å². The van der Waals surface area contributed by atoms with Crippen LogP contribution in [-0.2, 0) is 36.1 Å². The van der Waals surface area contributed by atoms with E-state index in [4.69, 9.17) is 9.88 Å². The van der Waals surface area contributed by atoms with Crippen molar-refractivity contribution >= 4 is 53.5 Å². The fourth-order valence-corrected chi connectivity index (χ4v) is 7.38. The molecule has 0 unspecified atom stereocenters. The van der Waals surface area contributed by atoms with Crippen molar-refractivity contribution in [1.82, 2.24) is 8.87 Å². The predicted molar refractivity (Wildman–Crippen MR) is 137 cm³/mol. The Hall–Kier alpha value is -2.91. The van der Waals surface area contributed by atoms with Gasteiger partial charge in [0.1, 0.15) is 6.54 Å². The van der Waals surface area contributed by atoms with Gasteiger partial charge in [-0.25, -0.2) is 22.0 Å². The van der Waals surface area contributed by atoms with Gasteiger partial charge in [-0.3, -0.25) is 9.59 Å². The van der Waals surface area contributed by atoms with Gasteiger partial charge in [0, 0.05) is 18.7 Å². The van der Waals surface area contributed by atoms with Crippen molar-refractivity contribution in [3.8, 4) is 0 Å². The molecule has 37 heavy (non-hydrogen) atoms. The Morgan fingerprint density at radius 3 is 2.41 bits per heavy atom. The molecule has 1 amide bonds. The van der Waals surface area contributed by atoms with Crippen LogP contribution in [0, 0.1) is 5.92 Å². The van der Waals surface area contributed by atoms with Crippen LogP contribution < -0.4 is 9.94 Å². The summed E-state index contributed by atoms with van der Waals surface area (Å²) < 4.78 is 57.6. The van der Waals surface area contributed by atoms with Crippen molar-refractivity contribution in [3.63, 3.8) is 0 Å². The third-order valence-electron chi connectivity index (χ3n) is 6.05. The van der Waals surface area contributed by atoms with Crippen LogP contribution in [0.25, 0.3) is 10.2 Å². The number of amides is 1. The fraction of sp³-hybridized carbons (Fsp3) is 0.348. The number of fused-ring (bicyclic) bond motifs is 1. The number of aromatic nitrogens is 1. The molecule has 198 valence electrons.